The quantitative estimate of drug-likeness (QED) is 0.498. The highest BCUT2D eigenvalue weighted by Gasteiger charge is 2.33. The molecule has 4 atom stereocenters. The second-order valence-electron chi connectivity index (χ2n) is 9.86. The summed E-state index contributed by atoms with van der Waals surface area (Å²) in [5, 5.41) is 13.5. The number of carbonyl (C=O) groups excluding carboxylic acids is 1. The molecule has 1 aromatic carbocycles. The molecule has 0 bridgehead atoms. The molecular formula is C26H32ClF3N2O2. The smallest absolute Gasteiger partial charge is 0.391 e. The zero-order chi connectivity index (χ0) is 24.5. The van der Waals surface area contributed by atoms with Gasteiger partial charge in [0, 0.05) is 23.5 Å². The number of aromatic nitrogens is 1. The molecule has 1 heterocycles. The largest absolute Gasteiger partial charge is 0.416 e. The van der Waals surface area contributed by atoms with E-state index in [4.69, 9.17) is 11.6 Å². The van der Waals surface area contributed by atoms with Gasteiger partial charge in [-0.15, -0.1) is 0 Å². The Morgan fingerprint density at radius 2 is 1.91 bits per heavy atom. The minimum atomic E-state index is -4.39. The summed E-state index contributed by atoms with van der Waals surface area (Å²) in [7, 11) is 0. The maximum Gasteiger partial charge on any atom is 0.416 e. The second-order valence-corrected chi connectivity index (χ2v) is 10.3. The van der Waals surface area contributed by atoms with Crippen LogP contribution in [-0.4, -0.2) is 27.7 Å². The fraction of sp³-hybridized carbons (Fsp3) is 0.577. The van der Waals surface area contributed by atoms with E-state index in [0.29, 0.717) is 29.1 Å². The summed E-state index contributed by atoms with van der Waals surface area (Å²) >= 11 is 6.31. The van der Waals surface area contributed by atoms with E-state index in [9.17, 15) is 23.1 Å². The Kier molecular flexibility index (Phi) is 7.63. The highest BCUT2D eigenvalue weighted by molar-refractivity contribution is 6.31. The third-order valence-corrected chi connectivity index (χ3v) is 7.88. The van der Waals surface area contributed by atoms with Crippen LogP contribution >= 0.6 is 11.6 Å². The fourth-order valence-corrected chi connectivity index (χ4v) is 5.84. The summed E-state index contributed by atoms with van der Waals surface area (Å²) in [6, 6.07) is 5.20. The summed E-state index contributed by atoms with van der Waals surface area (Å²) in [6.07, 6.45) is 3.99. The van der Waals surface area contributed by atoms with Crippen LogP contribution in [0.3, 0.4) is 0 Å². The molecule has 4 rings (SSSR count). The SMILES string of the molecule is Cc1c(C(=O)NC2CCCCC2O)ccn1CC1CCCC(c2cc(C(F)(F)F)ccc2Cl)C1. The maximum absolute atomic E-state index is 13.2. The van der Waals surface area contributed by atoms with E-state index in [0.717, 1.165) is 56.7 Å². The van der Waals surface area contributed by atoms with E-state index < -0.39 is 17.8 Å². The molecule has 1 aromatic heterocycles. The summed E-state index contributed by atoms with van der Waals surface area (Å²) in [5.41, 5.74) is 1.39. The molecule has 34 heavy (non-hydrogen) atoms. The van der Waals surface area contributed by atoms with Crippen LogP contribution in [0.25, 0.3) is 0 Å². The van der Waals surface area contributed by atoms with Crippen LogP contribution in [0.15, 0.2) is 30.5 Å². The molecule has 2 aliphatic carbocycles. The molecule has 4 nitrogen and oxygen atoms in total. The van der Waals surface area contributed by atoms with Gasteiger partial charge in [-0.3, -0.25) is 4.79 Å². The van der Waals surface area contributed by atoms with E-state index in [2.05, 4.69) is 9.88 Å². The molecule has 2 aromatic rings. The Labute approximate surface area is 203 Å². The van der Waals surface area contributed by atoms with Crippen molar-refractivity contribution in [2.75, 3.05) is 0 Å². The van der Waals surface area contributed by atoms with E-state index >= 15 is 0 Å². The second kappa shape index (κ2) is 10.3. The number of amides is 1. The van der Waals surface area contributed by atoms with E-state index in [1.165, 1.54) is 12.1 Å². The molecule has 0 saturated heterocycles. The number of halogens is 4. The molecule has 2 N–H and O–H groups in total. The summed E-state index contributed by atoms with van der Waals surface area (Å²) in [5.74, 6) is 0.103. The molecule has 2 saturated carbocycles. The number of rotatable bonds is 5. The lowest BCUT2D eigenvalue weighted by Crippen LogP contribution is -2.45. The molecule has 8 heteroatoms. The average Bonchev–Trinajstić information content (AvgIpc) is 3.15. The zero-order valence-electron chi connectivity index (χ0n) is 19.4. The van der Waals surface area contributed by atoms with Gasteiger partial charge in [0.05, 0.1) is 23.3 Å². The normalized spacial score (nSPS) is 25.8. The first-order chi connectivity index (χ1) is 16.1. The molecule has 0 radical (unpaired) electrons. The monoisotopic (exact) mass is 496 g/mol. The van der Waals surface area contributed by atoms with E-state index in [-0.39, 0.29) is 23.8 Å². The van der Waals surface area contributed by atoms with Crippen molar-refractivity contribution >= 4 is 17.5 Å². The summed E-state index contributed by atoms with van der Waals surface area (Å²) < 4.78 is 41.7. The highest BCUT2D eigenvalue weighted by atomic mass is 35.5. The minimum Gasteiger partial charge on any atom is -0.391 e. The third kappa shape index (κ3) is 5.62. The number of nitrogens with zero attached hydrogens (tertiary/aromatic N) is 1. The standard InChI is InChI=1S/C26H32ClF3N2O2/c1-16-20(25(34)31-23-7-2-3-8-24(23)33)11-12-32(16)15-17-5-4-6-18(13-17)21-14-19(26(28,29)30)9-10-22(21)27/h9-12,14,17-18,23-24,33H,2-8,13,15H2,1H3,(H,31,34). The van der Waals surface area contributed by atoms with Crippen molar-refractivity contribution in [2.24, 2.45) is 5.92 Å². The number of hydrogen-bond donors (Lipinski definition) is 2. The maximum atomic E-state index is 13.2. The molecule has 186 valence electrons. The Morgan fingerprint density at radius 3 is 2.65 bits per heavy atom. The number of aliphatic hydroxyl groups excluding tert-OH is 1. The van der Waals surface area contributed by atoms with Crippen molar-refractivity contribution in [1.29, 1.82) is 0 Å². The van der Waals surface area contributed by atoms with Crippen molar-refractivity contribution < 1.29 is 23.1 Å². The van der Waals surface area contributed by atoms with Crippen LogP contribution in [-0.2, 0) is 12.7 Å². The number of hydrogen-bond acceptors (Lipinski definition) is 2. The molecule has 0 spiro atoms. The van der Waals surface area contributed by atoms with E-state index in [1.54, 1.807) is 0 Å². The third-order valence-electron chi connectivity index (χ3n) is 7.53. The van der Waals surface area contributed by atoms with Gasteiger partial charge in [-0.1, -0.05) is 30.9 Å². The molecule has 0 aliphatic heterocycles. The molecule has 2 aliphatic rings. The first-order valence-electron chi connectivity index (χ1n) is 12.1. The van der Waals surface area contributed by atoms with E-state index in [1.807, 2.05) is 19.2 Å². The van der Waals surface area contributed by atoms with Crippen LogP contribution in [0, 0.1) is 12.8 Å². The van der Waals surface area contributed by atoms with Crippen molar-refractivity contribution in [3.05, 3.63) is 57.9 Å². The number of nitrogens with one attached hydrogen (secondary N) is 1. The fourth-order valence-electron chi connectivity index (χ4n) is 5.57. The lowest BCUT2D eigenvalue weighted by atomic mass is 9.77. The first-order valence-corrected chi connectivity index (χ1v) is 12.5. The number of carbonyl (C=O) groups is 1. The Morgan fingerprint density at radius 1 is 1.15 bits per heavy atom. The lowest BCUT2D eigenvalue weighted by Gasteiger charge is -2.31. The van der Waals surface area contributed by atoms with Crippen LogP contribution in [0.5, 0.6) is 0 Å². The van der Waals surface area contributed by atoms with Gasteiger partial charge >= 0.3 is 6.18 Å². The van der Waals surface area contributed by atoms with Crippen LogP contribution in [0.2, 0.25) is 5.02 Å². The van der Waals surface area contributed by atoms with Crippen molar-refractivity contribution in [1.82, 2.24) is 9.88 Å². The van der Waals surface area contributed by atoms with Crippen molar-refractivity contribution in [3.63, 3.8) is 0 Å². The van der Waals surface area contributed by atoms with Gasteiger partial charge in [0.15, 0.2) is 0 Å². The van der Waals surface area contributed by atoms with Crippen LogP contribution in [0.4, 0.5) is 13.2 Å². The predicted octanol–water partition coefficient (Wildman–Crippen LogP) is 6.48. The molecule has 1 amide bonds. The Bertz CT molecular complexity index is 1020. The van der Waals surface area contributed by atoms with Gasteiger partial charge in [-0.2, -0.15) is 13.2 Å². The topological polar surface area (TPSA) is 54.3 Å². The number of benzene rings is 1. The lowest BCUT2D eigenvalue weighted by molar-refractivity contribution is -0.137. The van der Waals surface area contributed by atoms with Gasteiger partial charge in [0.1, 0.15) is 0 Å². The van der Waals surface area contributed by atoms with Crippen molar-refractivity contribution in [2.45, 2.75) is 89.1 Å². The predicted molar refractivity (Wildman–Crippen MR) is 126 cm³/mol. The van der Waals surface area contributed by atoms with Crippen LogP contribution < -0.4 is 5.32 Å². The Balaban J connectivity index is 1.43. The number of aliphatic hydroxyl groups is 1. The highest BCUT2D eigenvalue weighted by Crippen LogP contribution is 2.42. The van der Waals surface area contributed by atoms with Gasteiger partial charge in [0.25, 0.3) is 5.91 Å². The first kappa shape index (κ1) is 25.1. The summed E-state index contributed by atoms with van der Waals surface area (Å²) in [4.78, 5) is 12.8. The van der Waals surface area contributed by atoms with Gasteiger partial charge < -0.3 is 15.0 Å². The molecular weight excluding hydrogens is 465 g/mol. The Hall–Kier alpha value is -1.99. The van der Waals surface area contributed by atoms with Gasteiger partial charge in [0.2, 0.25) is 0 Å². The minimum absolute atomic E-state index is 0.0139. The average molecular weight is 497 g/mol. The van der Waals surface area contributed by atoms with Gasteiger partial charge in [-0.25, -0.2) is 0 Å². The molecule has 4 unspecified atom stereocenters. The molecule has 2 fully saturated rings. The van der Waals surface area contributed by atoms with Gasteiger partial charge in [-0.05, 0) is 80.7 Å². The number of alkyl halides is 3. The summed E-state index contributed by atoms with van der Waals surface area (Å²) in [6.45, 7) is 2.62. The van der Waals surface area contributed by atoms with Crippen LogP contribution in [0.1, 0.15) is 84.5 Å². The van der Waals surface area contributed by atoms with Crippen molar-refractivity contribution in [3.8, 4) is 0 Å². The zero-order valence-corrected chi connectivity index (χ0v) is 20.1.